The first-order chi connectivity index (χ1) is 12.3. The Kier molecular flexibility index (Phi) is 5.11. The molecule has 0 radical (unpaired) electrons. The summed E-state index contributed by atoms with van der Waals surface area (Å²) in [6.45, 7) is 4.49. The number of benzene rings is 1. The number of ether oxygens (including phenoxy) is 1. The number of aromatic carboxylic acids is 1. The van der Waals surface area contributed by atoms with Crippen molar-refractivity contribution in [3.63, 3.8) is 0 Å². The molecule has 140 valence electrons. The van der Waals surface area contributed by atoms with E-state index in [1.165, 1.54) is 0 Å². The number of carboxylic acids is 1. The van der Waals surface area contributed by atoms with Gasteiger partial charge in [0, 0.05) is 0 Å². The first-order valence-corrected chi connectivity index (χ1v) is 8.72. The molecule has 1 saturated heterocycles. The maximum atomic E-state index is 12.2. The quantitative estimate of drug-likeness (QED) is 0.647. The number of amides is 1. The molecular weight excluding hydrogens is 339 g/mol. The Morgan fingerprint density at radius 2 is 2.08 bits per heavy atom. The van der Waals surface area contributed by atoms with Crippen LogP contribution >= 0.6 is 0 Å². The van der Waals surface area contributed by atoms with Gasteiger partial charge in [-0.05, 0) is 30.3 Å². The van der Waals surface area contributed by atoms with Crippen LogP contribution in [-0.2, 0) is 11.2 Å². The monoisotopic (exact) mass is 362 g/mol. The van der Waals surface area contributed by atoms with E-state index in [9.17, 15) is 19.7 Å². The molecule has 1 aromatic rings. The van der Waals surface area contributed by atoms with Crippen molar-refractivity contribution in [2.45, 2.75) is 38.7 Å². The van der Waals surface area contributed by atoms with Gasteiger partial charge in [0.2, 0.25) is 5.91 Å². The highest BCUT2D eigenvalue weighted by molar-refractivity contribution is 6.44. The predicted octanol–water partition coefficient (Wildman–Crippen LogP) is 0.373. The minimum atomic E-state index is -1.18. The maximum Gasteiger partial charge on any atom is 0.522 e. The summed E-state index contributed by atoms with van der Waals surface area (Å²) >= 11 is 0. The highest BCUT2D eigenvalue weighted by Crippen LogP contribution is 2.37. The second-order valence-corrected chi connectivity index (χ2v) is 7.10. The summed E-state index contributed by atoms with van der Waals surface area (Å²) in [5.41, 5.74) is 6.51. The van der Waals surface area contributed by atoms with Crippen molar-refractivity contribution >= 4 is 19.0 Å². The van der Waals surface area contributed by atoms with Gasteiger partial charge < -0.3 is 30.2 Å². The number of carboxylic acid groups (broad SMARTS) is 1. The number of hydrogen-bond acceptors (Lipinski definition) is 6. The summed E-state index contributed by atoms with van der Waals surface area (Å²) in [6, 6.07) is 2.80. The van der Waals surface area contributed by atoms with Crippen LogP contribution in [0.1, 0.15) is 29.8 Å². The molecule has 0 aliphatic carbocycles. The van der Waals surface area contributed by atoms with E-state index in [2.05, 4.69) is 0 Å². The molecular formula is C17H23BN2O6. The Labute approximate surface area is 152 Å². The highest BCUT2D eigenvalue weighted by atomic mass is 16.5. The molecule has 1 atom stereocenters. The minimum absolute atomic E-state index is 0.0466. The van der Waals surface area contributed by atoms with Crippen LogP contribution in [-0.4, -0.2) is 59.3 Å². The Bertz CT molecular complexity index is 719. The summed E-state index contributed by atoms with van der Waals surface area (Å²) in [6.07, 6.45) is 0.653. The number of likely N-dealkylation sites (tertiary alicyclic amines) is 1. The lowest BCUT2D eigenvalue weighted by Crippen LogP contribution is -2.60. The molecule has 0 saturated carbocycles. The first-order valence-electron chi connectivity index (χ1n) is 8.72. The molecule has 1 aromatic carbocycles. The molecule has 1 fully saturated rings. The molecule has 26 heavy (non-hydrogen) atoms. The van der Waals surface area contributed by atoms with E-state index in [1.54, 1.807) is 17.0 Å². The third-order valence-electron chi connectivity index (χ3n) is 4.79. The molecule has 3 rings (SSSR count). The molecule has 0 aromatic heterocycles. The number of nitrogens with zero attached hydrogens (tertiary/aromatic N) is 1. The lowest BCUT2D eigenvalue weighted by Gasteiger charge is -2.41. The van der Waals surface area contributed by atoms with E-state index in [0.717, 1.165) is 5.56 Å². The van der Waals surface area contributed by atoms with Crippen molar-refractivity contribution in [3.8, 4) is 11.5 Å². The average molecular weight is 362 g/mol. The topological polar surface area (TPSA) is 122 Å². The van der Waals surface area contributed by atoms with Crippen LogP contribution in [0.5, 0.6) is 11.5 Å². The Morgan fingerprint density at radius 1 is 1.38 bits per heavy atom. The van der Waals surface area contributed by atoms with Crippen molar-refractivity contribution in [1.29, 1.82) is 0 Å². The van der Waals surface area contributed by atoms with Crippen LogP contribution < -0.4 is 15.1 Å². The number of fused-ring (bicyclic) bond motifs is 1. The van der Waals surface area contributed by atoms with Crippen molar-refractivity contribution in [2.24, 2.45) is 11.7 Å². The first kappa shape index (κ1) is 18.5. The summed E-state index contributed by atoms with van der Waals surface area (Å²) in [4.78, 5) is 25.5. The summed E-state index contributed by atoms with van der Waals surface area (Å²) < 4.78 is 11.1. The summed E-state index contributed by atoms with van der Waals surface area (Å²) in [5, 5.41) is 19.2. The van der Waals surface area contributed by atoms with Crippen LogP contribution in [0.3, 0.4) is 0 Å². The van der Waals surface area contributed by atoms with E-state index < -0.39 is 19.1 Å². The van der Waals surface area contributed by atoms with Gasteiger partial charge in [-0.1, -0.05) is 19.9 Å². The molecule has 2 aliphatic rings. The molecule has 2 aliphatic heterocycles. The fourth-order valence-electron chi connectivity index (χ4n) is 3.08. The number of nitrogens with two attached hydrogens (primary N) is 1. The van der Waals surface area contributed by atoms with Crippen LogP contribution in [0, 0.1) is 5.92 Å². The van der Waals surface area contributed by atoms with Gasteiger partial charge in [0.05, 0.1) is 19.1 Å². The molecule has 1 amide bonds. The smallest absolute Gasteiger partial charge is 0.522 e. The van der Waals surface area contributed by atoms with E-state index in [4.69, 9.17) is 15.1 Å². The molecule has 0 spiro atoms. The Hall–Kier alpha value is -2.26. The van der Waals surface area contributed by atoms with Crippen molar-refractivity contribution in [1.82, 2.24) is 4.90 Å². The van der Waals surface area contributed by atoms with E-state index >= 15 is 0 Å². The van der Waals surface area contributed by atoms with Gasteiger partial charge in [0.15, 0.2) is 0 Å². The van der Waals surface area contributed by atoms with Crippen molar-refractivity contribution in [3.05, 3.63) is 23.3 Å². The van der Waals surface area contributed by atoms with Gasteiger partial charge in [0.1, 0.15) is 23.2 Å². The van der Waals surface area contributed by atoms with E-state index in [0.29, 0.717) is 25.8 Å². The SMILES string of the molecule is CC(C)C(N)C(=O)N1CC(Oc2ccc3c(c2C(=O)O)OB(O)CC3)C1. The predicted molar refractivity (Wildman–Crippen MR) is 94.3 cm³/mol. The van der Waals surface area contributed by atoms with Crippen molar-refractivity contribution < 1.29 is 29.1 Å². The van der Waals surface area contributed by atoms with Crippen LogP contribution in [0.15, 0.2) is 12.1 Å². The summed E-state index contributed by atoms with van der Waals surface area (Å²) in [5.74, 6) is -0.931. The van der Waals surface area contributed by atoms with E-state index in [-0.39, 0.29) is 35.0 Å². The number of rotatable bonds is 5. The molecule has 9 heteroatoms. The largest absolute Gasteiger partial charge is 0.535 e. The number of carbonyl (C=O) groups excluding carboxylic acids is 1. The number of carbonyl (C=O) groups is 2. The van der Waals surface area contributed by atoms with Crippen LogP contribution in [0.25, 0.3) is 0 Å². The zero-order chi connectivity index (χ0) is 19.0. The maximum absolute atomic E-state index is 12.2. The van der Waals surface area contributed by atoms with Crippen LogP contribution in [0.2, 0.25) is 6.32 Å². The third kappa shape index (κ3) is 3.49. The summed E-state index contributed by atoms with van der Waals surface area (Å²) in [7, 11) is -1.02. The number of aryl methyl sites for hydroxylation is 1. The van der Waals surface area contributed by atoms with Gasteiger partial charge >= 0.3 is 13.1 Å². The molecule has 4 N–H and O–H groups in total. The van der Waals surface area contributed by atoms with Gasteiger partial charge in [-0.2, -0.15) is 0 Å². The minimum Gasteiger partial charge on any atom is -0.535 e. The zero-order valence-electron chi connectivity index (χ0n) is 14.8. The second kappa shape index (κ2) is 7.16. The normalized spacial score (nSPS) is 18.0. The standard InChI is InChI=1S/C17H23BN2O6/c1-9(2)14(19)16(21)20-7-11(8-20)25-12-4-3-10-5-6-18(24)26-15(10)13(12)17(22)23/h3-4,9,11,14,24H,5-8,19H2,1-2H3,(H,22,23). The Morgan fingerprint density at radius 3 is 2.69 bits per heavy atom. The molecule has 1 unspecified atom stereocenters. The average Bonchev–Trinajstić information content (AvgIpc) is 2.55. The van der Waals surface area contributed by atoms with Gasteiger partial charge in [-0.25, -0.2) is 4.79 Å². The van der Waals surface area contributed by atoms with Gasteiger partial charge in [-0.3, -0.25) is 4.79 Å². The molecule has 2 heterocycles. The molecule has 8 nitrogen and oxygen atoms in total. The fourth-order valence-corrected chi connectivity index (χ4v) is 3.08. The van der Waals surface area contributed by atoms with Crippen LogP contribution in [0.4, 0.5) is 0 Å². The van der Waals surface area contributed by atoms with E-state index in [1.807, 2.05) is 13.8 Å². The van der Waals surface area contributed by atoms with Crippen molar-refractivity contribution in [2.75, 3.05) is 13.1 Å². The lowest BCUT2D eigenvalue weighted by molar-refractivity contribution is -0.142. The third-order valence-corrected chi connectivity index (χ3v) is 4.79. The zero-order valence-corrected chi connectivity index (χ0v) is 14.8. The molecule has 0 bridgehead atoms. The lowest BCUT2D eigenvalue weighted by atomic mass is 9.78. The fraction of sp³-hybridized carbons (Fsp3) is 0.529. The van der Waals surface area contributed by atoms with Gasteiger partial charge in [-0.15, -0.1) is 0 Å². The second-order valence-electron chi connectivity index (χ2n) is 7.10. The Balaban J connectivity index is 1.71. The highest BCUT2D eigenvalue weighted by Gasteiger charge is 2.37. The number of hydrogen-bond donors (Lipinski definition) is 3. The van der Waals surface area contributed by atoms with Gasteiger partial charge in [0.25, 0.3) is 0 Å².